The van der Waals surface area contributed by atoms with E-state index in [2.05, 4.69) is 21.2 Å². The summed E-state index contributed by atoms with van der Waals surface area (Å²) in [7, 11) is 1.55. The molecule has 0 fully saturated rings. The number of nitrogens with one attached hydrogen (secondary N) is 1. The summed E-state index contributed by atoms with van der Waals surface area (Å²) in [6, 6.07) is 5.45. The van der Waals surface area contributed by atoms with E-state index in [-0.39, 0.29) is 5.91 Å². The summed E-state index contributed by atoms with van der Waals surface area (Å²) in [5.74, 6) is -0.245. The molecule has 1 unspecified atom stereocenters. The van der Waals surface area contributed by atoms with Crippen LogP contribution in [0.1, 0.15) is 25.8 Å². The lowest BCUT2D eigenvalue weighted by molar-refractivity contribution is -0.150. The van der Waals surface area contributed by atoms with Gasteiger partial charge in [0, 0.05) is 22.7 Å². The molecule has 0 aliphatic carbocycles. The number of carbonyl (C=O) groups is 2. The van der Waals surface area contributed by atoms with Crippen LogP contribution in [-0.4, -0.2) is 31.6 Å². The first-order chi connectivity index (χ1) is 10.5. The van der Waals surface area contributed by atoms with Crippen molar-refractivity contribution in [1.82, 2.24) is 5.32 Å². The van der Waals surface area contributed by atoms with Crippen LogP contribution >= 0.6 is 15.9 Å². The molecule has 0 radical (unpaired) electrons. The van der Waals surface area contributed by atoms with Crippen molar-refractivity contribution in [2.24, 2.45) is 0 Å². The Bertz CT molecular complexity index is 557. The molecule has 1 rings (SSSR count). The van der Waals surface area contributed by atoms with Crippen molar-refractivity contribution < 1.29 is 19.1 Å². The maximum Gasteiger partial charge on any atom is 0.331 e. The molecular formula is C16H20BrNO4. The second kappa shape index (κ2) is 9.25. The second-order valence-electron chi connectivity index (χ2n) is 4.59. The van der Waals surface area contributed by atoms with Gasteiger partial charge in [-0.3, -0.25) is 4.79 Å². The molecule has 6 heteroatoms. The molecule has 0 heterocycles. The lowest BCUT2D eigenvalue weighted by Gasteiger charge is -2.11. The van der Waals surface area contributed by atoms with E-state index in [1.54, 1.807) is 19.3 Å². The zero-order valence-electron chi connectivity index (χ0n) is 12.9. The van der Waals surface area contributed by atoms with Crippen molar-refractivity contribution in [3.8, 4) is 5.75 Å². The minimum absolute atomic E-state index is 0.302. The molecule has 0 bridgehead atoms. The van der Waals surface area contributed by atoms with Crippen LogP contribution in [0.4, 0.5) is 0 Å². The Morgan fingerprint density at radius 1 is 1.41 bits per heavy atom. The van der Waals surface area contributed by atoms with E-state index in [4.69, 9.17) is 9.47 Å². The number of benzene rings is 1. The maximum atomic E-state index is 11.7. The molecule has 1 amide bonds. The Morgan fingerprint density at radius 3 is 2.77 bits per heavy atom. The molecule has 1 N–H and O–H groups in total. The first-order valence-electron chi connectivity index (χ1n) is 6.97. The van der Waals surface area contributed by atoms with Crippen LogP contribution in [-0.2, 0) is 14.3 Å². The number of ether oxygens (including phenoxy) is 2. The minimum atomic E-state index is -0.826. The lowest BCUT2D eigenvalue weighted by atomic mass is 10.2. The normalized spacial score (nSPS) is 12.0. The zero-order chi connectivity index (χ0) is 16.5. The zero-order valence-corrected chi connectivity index (χ0v) is 14.5. The Morgan fingerprint density at radius 2 is 2.14 bits per heavy atom. The largest absolute Gasteiger partial charge is 0.496 e. The number of methoxy groups -OCH3 is 1. The highest BCUT2D eigenvalue weighted by atomic mass is 79.9. The highest BCUT2D eigenvalue weighted by Crippen LogP contribution is 2.24. The van der Waals surface area contributed by atoms with Crippen molar-refractivity contribution in [2.75, 3.05) is 13.7 Å². The van der Waals surface area contributed by atoms with Gasteiger partial charge in [0.25, 0.3) is 5.91 Å². The second-order valence-corrected chi connectivity index (χ2v) is 5.51. The van der Waals surface area contributed by atoms with Gasteiger partial charge in [-0.25, -0.2) is 4.79 Å². The maximum absolute atomic E-state index is 11.7. The van der Waals surface area contributed by atoms with E-state index >= 15 is 0 Å². The van der Waals surface area contributed by atoms with Crippen LogP contribution < -0.4 is 10.1 Å². The molecular weight excluding hydrogens is 350 g/mol. The van der Waals surface area contributed by atoms with E-state index in [1.807, 2.05) is 19.1 Å². The number of amides is 1. The first kappa shape index (κ1) is 18.2. The summed E-state index contributed by atoms with van der Waals surface area (Å²) in [6.07, 6.45) is 2.86. The summed E-state index contributed by atoms with van der Waals surface area (Å²) < 4.78 is 11.1. The number of hydrogen-bond acceptors (Lipinski definition) is 4. The highest BCUT2D eigenvalue weighted by Gasteiger charge is 2.15. The van der Waals surface area contributed by atoms with Gasteiger partial charge in [-0.05, 0) is 37.6 Å². The molecule has 0 saturated carbocycles. The number of halogens is 1. The van der Waals surface area contributed by atoms with E-state index in [0.29, 0.717) is 12.3 Å². The topological polar surface area (TPSA) is 64.6 Å². The quantitative estimate of drug-likeness (QED) is 0.592. The van der Waals surface area contributed by atoms with Crippen LogP contribution in [0.15, 0.2) is 28.7 Å². The van der Waals surface area contributed by atoms with Gasteiger partial charge in [-0.1, -0.05) is 22.9 Å². The van der Waals surface area contributed by atoms with Crippen LogP contribution in [0.5, 0.6) is 5.75 Å². The van der Waals surface area contributed by atoms with Gasteiger partial charge >= 0.3 is 5.97 Å². The number of rotatable bonds is 7. The fraction of sp³-hybridized carbons (Fsp3) is 0.375. The van der Waals surface area contributed by atoms with Crippen molar-refractivity contribution >= 4 is 33.9 Å². The third kappa shape index (κ3) is 5.89. The summed E-state index contributed by atoms with van der Waals surface area (Å²) in [4.78, 5) is 23.4. The van der Waals surface area contributed by atoms with E-state index in [1.165, 1.54) is 13.0 Å². The average molecular weight is 370 g/mol. The average Bonchev–Trinajstić information content (AvgIpc) is 2.50. The van der Waals surface area contributed by atoms with Gasteiger partial charge in [0.05, 0.1) is 7.11 Å². The molecule has 0 aliphatic rings. The number of esters is 1. The van der Waals surface area contributed by atoms with E-state index < -0.39 is 12.1 Å². The van der Waals surface area contributed by atoms with Crippen molar-refractivity contribution in [2.45, 2.75) is 26.4 Å². The smallest absolute Gasteiger partial charge is 0.331 e. The molecule has 0 aliphatic heterocycles. The van der Waals surface area contributed by atoms with Crippen LogP contribution in [0.3, 0.4) is 0 Å². The molecule has 120 valence electrons. The van der Waals surface area contributed by atoms with Crippen LogP contribution in [0, 0.1) is 0 Å². The van der Waals surface area contributed by atoms with Gasteiger partial charge in [0.2, 0.25) is 0 Å². The van der Waals surface area contributed by atoms with Gasteiger partial charge in [0.15, 0.2) is 6.10 Å². The molecule has 1 atom stereocenters. The van der Waals surface area contributed by atoms with Crippen molar-refractivity contribution in [3.63, 3.8) is 0 Å². The molecule has 22 heavy (non-hydrogen) atoms. The van der Waals surface area contributed by atoms with E-state index in [9.17, 15) is 9.59 Å². The number of hydrogen-bond donors (Lipinski definition) is 1. The first-order valence-corrected chi connectivity index (χ1v) is 7.77. The van der Waals surface area contributed by atoms with Gasteiger partial charge in [0.1, 0.15) is 5.75 Å². The Kier molecular flexibility index (Phi) is 7.66. The summed E-state index contributed by atoms with van der Waals surface area (Å²) in [5, 5.41) is 2.67. The predicted octanol–water partition coefficient (Wildman–Crippen LogP) is 2.93. The third-order valence-electron chi connectivity index (χ3n) is 2.80. The summed E-state index contributed by atoms with van der Waals surface area (Å²) >= 11 is 3.36. The molecule has 0 saturated heterocycles. The molecule has 0 spiro atoms. The predicted molar refractivity (Wildman–Crippen MR) is 88.6 cm³/mol. The third-order valence-corrected chi connectivity index (χ3v) is 3.30. The van der Waals surface area contributed by atoms with Gasteiger partial charge in [-0.2, -0.15) is 0 Å². The van der Waals surface area contributed by atoms with E-state index in [0.717, 1.165) is 16.5 Å². The lowest BCUT2D eigenvalue weighted by Crippen LogP contribution is -2.35. The van der Waals surface area contributed by atoms with Crippen LogP contribution in [0.2, 0.25) is 0 Å². The van der Waals surface area contributed by atoms with Crippen LogP contribution in [0.25, 0.3) is 6.08 Å². The monoisotopic (exact) mass is 369 g/mol. The molecule has 1 aromatic rings. The molecule has 5 nitrogen and oxygen atoms in total. The van der Waals surface area contributed by atoms with Gasteiger partial charge < -0.3 is 14.8 Å². The summed E-state index contributed by atoms with van der Waals surface area (Å²) in [5.41, 5.74) is 0.733. The Labute approximate surface area is 138 Å². The minimum Gasteiger partial charge on any atom is -0.496 e. The van der Waals surface area contributed by atoms with Crippen molar-refractivity contribution in [3.05, 3.63) is 34.3 Å². The SMILES string of the molecule is CCCNC(=O)C(C)OC(=O)/C=C/c1cc(Br)ccc1OC. The van der Waals surface area contributed by atoms with Crippen molar-refractivity contribution in [1.29, 1.82) is 0 Å². The number of carbonyl (C=O) groups excluding carboxylic acids is 2. The summed E-state index contributed by atoms with van der Waals surface area (Å²) in [6.45, 7) is 4.05. The fourth-order valence-electron chi connectivity index (χ4n) is 1.65. The Hall–Kier alpha value is -1.82. The Balaban J connectivity index is 2.64. The highest BCUT2D eigenvalue weighted by molar-refractivity contribution is 9.10. The molecule has 1 aromatic carbocycles. The fourth-order valence-corrected chi connectivity index (χ4v) is 2.03. The standard InChI is InChI=1S/C16H20BrNO4/c1-4-9-18-16(20)11(2)22-15(19)8-5-12-10-13(17)6-7-14(12)21-3/h5-8,10-11H,4,9H2,1-3H3,(H,18,20)/b8-5+. The molecule has 0 aromatic heterocycles. The van der Waals surface area contributed by atoms with Gasteiger partial charge in [-0.15, -0.1) is 0 Å².